The fourth-order valence-electron chi connectivity index (χ4n) is 3.78. The van der Waals surface area contributed by atoms with Gasteiger partial charge in [-0.15, -0.1) is 0 Å². The third kappa shape index (κ3) is 4.16. The lowest BCUT2D eigenvalue weighted by atomic mass is 9.94. The van der Waals surface area contributed by atoms with E-state index in [0.29, 0.717) is 22.6 Å². The van der Waals surface area contributed by atoms with Gasteiger partial charge >= 0.3 is 0 Å². The molecule has 0 aliphatic carbocycles. The van der Waals surface area contributed by atoms with E-state index < -0.39 is 0 Å². The van der Waals surface area contributed by atoms with E-state index in [9.17, 15) is 9.59 Å². The molecule has 32 heavy (non-hydrogen) atoms. The Labute approximate surface area is 187 Å². The molecule has 4 aromatic rings. The van der Waals surface area contributed by atoms with E-state index in [-0.39, 0.29) is 0 Å². The standard InChI is InChI=1S/C28H22O4/c1-31-27-11-9-23(21-7-3-5-19(13-21)17-29)15-25(27)26-16-24(10-12-28(26)32-2)22-8-4-6-20(14-22)18-30/h3-18H,1-2H3. The van der Waals surface area contributed by atoms with Gasteiger partial charge in [-0.05, 0) is 58.7 Å². The summed E-state index contributed by atoms with van der Waals surface area (Å²) in [5.41, 5.74) is 6.77. The molecule has 0 N–H and O–H groups in total. The summed E-state index contributed by atoms with van der Waals surface area (Å²) in [4.78, 5) is 22.4. The summed E-state index contributed by atoms with van der Waals surface area (Å²) in [7, 11) is 3.27. The molecule has 4 aromatic carbocycles. The first-order valence-electron chi connectivity index (χ1n) is 10.1. The highest BCUT2D eigenvalue weighted by molar-refractivity contribution is 5.86. The first-order chi connectivity index (χ1) is 15.7. The minimum Gasteiger partial charge on any atom is -0.496 e. The van der Waals surface area contributed by atoms with Crippen molar-refractivity contribution in [1.29, 1.82) is 0 Å². The Balaban J connectivity index is 1.89. The normalized spacial score (nSPS) is 10.4. The average molecular weight is 422 g/mol. The molecule has 0 amide bonds. The number of benzene rings is 4. The monoisotopic (exact) mass is 422 g/mol. The predicted octanol–water partition coefficient (Wildman–Crippen LogP) is 6.33. The molecule has 0 spiro atoms. The van der Waals surface area contributed by atoms with Gasteiger partial charge in [0.05, 0.1) is 14.2 Å². The number of methoxy groups -OCH3 is 2. The van der Waals surface area contributed by atoms with Gasteiger partial charge in [0.2, 0.25) is 0 Å². The summed E-state index contributed by atoms with van der Waals surface area (Å²) in [5.74, 6) is 1.41. The van der Waals surface area contributed by atoms with Gasteiger partial charge in [-0.1, -0.05) is 48.5 Å². The fraction of sp³-hybridized carbons (Fsp3) is 0.0714. The maximum atomic E-state index is 11.2. The molecule has 0 saturated carbocycles. The van der Waals surface area contributed by atoms with Crippen LogP contribution in [0.4, 0.5) is 0 Å². The second-order valence-electron chi connectivity index (χ2n) is 7.32. The summed E-state index contributed by atoms with van der Waals surface area (Å²) in [6.45, 7) is 0. The zero-order valence-corrected chi connectivity index (χ0v) is 17.9. The predicted molar refractivity (Wildman–Crippen MR) is 127 cm³/mol. The molecular formula is C28H22O4. The van der Waals surface area contributed by atoms with Crippen molar-refractivity contribution in [2.45, 2.75) is 0 Å². The number of carbonyl (C=O) groups excluding carboxylic acids is 2. The first kappa shape index (κ1) is 21.1. The van der Waals surface area contributed by atoms with Gasteiger partial charge in [-0.25, -0.2) is 0 Å². The van der Waals surface area contributed by atoms with Gasteiger partial charge in [-0.3, -0.25) is 9.59 Å². The smallest absolute Gasteiger partial charge is 0.150 e. The molecule has 4 rings (SSSR count). The van der Waals surface area contributed by atoms with E-state index in [4.69, 9.17) is 9.47 Å². The topological polar surface area (TPSA) is 52.6 Å². The molecule has 0 radical (unpaired) electrons. The van der Waals surface area contributed by atoms with Gasteiger partial charge < -0.3 is 9.47 Å². The third-order valence-corrected chi connectivity index (χ3v) is 5.40. The van der Waals surface area contributed by atoms with E-state index in [1.54, 1.807) is 26.4 Å². The van der Waals surface area contributed by atoms with Gasteiger partial charge in [0.25, 0.3) is 0 Å². The molecule has 0 fully saturated rings. The van der Waals surface area contributed by atoms with Crippen molar-refractivity contribution in [3.05, 3.63) is 96.1 Å². The maximum Gasteiger partial charge on any atom is 0.150 e. The van der Waals surface area contributed by atoms with Crippen LogP contribution in [0.25, 0.3) is 33.4 Å². The molecule has 0 saturated heterocycles. The van der Waals surface area contributed by atoms with Gasteiger partial charge in [-0.2, -0.15) is 0 Å². The second kappa shape index (κ2) is 9.31. The molecule has 0 heterocycles. The Bertz CT molecular complexity index is 1190. The van der Waals surface area contributed by atoms with Crippen LogP contribution in [0, 0.1) is 0 Å². The number of hydrogen-bond acceptors (Lipinski definition) is 4. The summed E-state index contributed by atoms with van der Waals surface area (Å²) < 4.78 is 11.3. The molecule has 0 bridgehead atoms. The summed E-state index contributed by atoms with van der Waals surface area (Å²) >= 11 is 0. The molecule has 0 aliphatic rings. The largest absolute Gasteiger partial charge is 0.496 e. The number of carbonyl (C=O) groups is 2. The fourth-order valence-corrected chi connectivity index (χ4v) is 3.78. The quantitative estimate of drug-likeness (QED) is 0.327. The van der Waals surface area contributed by atoms with Crippen LogP contribution in [0.1, 0.15) is 20.7 Å². The molecule has 158 valence electrons. The van der Waals surface area contributed by atoms with E-state index in [2.05, 4.69) is 0 Å². The van der Waals surface area contributed by atoms with Crippen LogP contribution in [-0.2, 0) is 0 Å². The SMILES string of the molecule is COc1ccc(-c2cccc(C=O)c2)cc1-c1cc(-c2cccc(C=O)c2)ccc1OC. The van der Waals surface area contributed by atoms with Crippen molar-refractivity contribution in [2.75, 3.05) is 14.2 Å². The molecule has 0 atom stereocenters. The lowest BCUT2D eigenvalue weighted by molar-refractivity contribution is 0.111. The molecule has 0 aromatic heterocycles. The van der Waals surface area contributed by atoms with E-state index >= 15 is 0 Å². The summed E-state index contributed by atoms with van der Waals surface area (Å²) in [6.07, 6.45) is 1.68. The van der Waals surface area contributed by atoms with Crippen LogP contribution < -0.4 is 9.47 Å². The maximum absolute atomic E-state index is 11.2. The zero-order valence-electron chi connectivity index (χ0n) is 17.9. The van der Waals surface area contributed by atoms with Crippen molar-refractivity contribution in [1.82, 2.24) is 0 Å². The highest BCUT2D eigenvalue weighted by Gasteiger charge is 2.15. The van der Waals surface area contributed by atoms with Crippen molar-refractivity contribution in [3.8, 4) is 44.9 Å². The Hall–Kier alpha value is -4.18. The molecule has 4 nitrogen and oxygen atoms in total. The Morgan fingerprint density at radius 2 is 0.938 bits per heavy atom. The van der Waals surface area contributed by atoms with E-state index in [1.165, 1.54) is 0 Å². The molecule has 0 aliphatic heterocycles. The molecular weight excluding hydrogens is 400 g/mol. The minimum absolute atomic E-state index is 0.620. The second-order valence-corrected chi connectivity index (χ2v) is 7.32. The number of rotatable bonds is 7. The average Bonchev–Trinajstić information content (AvgIpc) is 2.88. The molecule has 0 unspecified atom stereocenters. The third-order valence-electron chi connectivity index (χ3n) is 5.40. The Morgan fingerprint density at radius 3 is 1.31 bits per heavy atom. The van der Waals surface area contributed by atoms with Gasteiger partial charge in [0.15, 0.2) is 0 Å². The van der Waals surface area contributed by atoms with Crippen LogP contribution in [0.15, 0.2) is 84.9 Å². The van der Waals surface area contributed by atoms with Crippen LogP contribution in [0.2, 0.25) is 0 Å². The number of ether oxygens (including phenoxy) is 2. The highest BCUT2D eigenvalue weighted by atomic mass is 16.5. The van der Waals surface area contributed by atoms with E-state index in [0.717, 1.165) is 46.0 Å². The van der Waals surface area contributed by atoms with Crippen molar-refractivity contribution in [3.63, 3.8) is 0 Å². The first-order valence-corrected chi connectivity index (χ1v) is 10.1. The van der Waals surface area contributed by atoms with E-state index in [1.807, 2.05) is 72.8 Å². The number of hydrogen-bond donors (Lipinski definition) is 0. The summed E-state index contributed by atoms with van der Waals surface area (Å²) in [6, 6.07) is 26.8. The Morgan fingerprint density at radius 1 is 0.531 bits per heavy atom. The highest BCUT2D eigenvalue weighted by Crippen LogP contribution is 2.41. The van der Waals surface area contributed by atoms with Crippen LogP contribution >= 0.6 is 0 Å². The molecule has 4 heteroatoms. The van der Waals surface area contributed by atoms with Crippen LogP contribution in [0.5, 0.6) is 11.5 Å². The zero-order chi connectivity index (χ0) is 22.5. The van der Waals surface area contributed by atoms with Crippen molar-refractivity contribution in [2.24, 2.45) is 0 Å². The van der Waals surface area contributed by atoms with Crippen LogP contribution in [-0.4, -0.2) is 26.8 Å². The Kier molecular flexibility index (Phi) is 6.13. The van der Waals surface area contributed by atoms with Gasteiger partial charge in [0, 0.05) is 22.3 Å². The van der Waals surface area contributed by atoms with Crippen LogP contribution in [0.3, 0.4) is 0 Å². The van der Waals surface area contributed by atoms with Crippen molar-refractivity contribution < 1.29 is 19.1 Å². The minimum atomic E-state index is 0.620. The van der Waals surface area contributed by atoms with Gasteiger partial charge in [0.1, 0.15) is 24.1 Å². The lowest BCUT2D eigenvalue weighted by Crippen LogP contribution is -1.94. The lowest BCUT2D eigenvalue weighted by Gasteiger charge is -2.16. The van der Waals surface area contributed by atoms with Crippen molar-refractivity contribution >= 4 is 12.6 Å². The number of aldehydes is 2. The summed E-state index contributed by atoms with van der Waals surface area (Å²) in [5, 5.41) is 0.